The highest BCUT2D eigenvalue weighted by Gasteiger charge is 2.26. The molecule has 0 radical (unpaired) electrons. The summed E-state index contributed by atoms with van der Waals surface area (Å²) < 4.78 is 40.9. The number of rotatable bonds is 6. The van der Waals surface area contributed by atoms with Crippen molar-refractivity contribution in [2.45, 2.75) is 38.4 Å². The lowest BCUT2D eigenvalue weighted by Crippen LogP contribution is -2.17. The molecule has 0 bridgehead atoms. The van der Waals surface area contributed by atoms with Crippen LogP contribution in [0, 0.1) is 0 Å². The zero-order valence-electron chi connectivity index (χ0n) is 10.3. The minimum absolute atomic E-state index is 0.0227. The summed E-state index contributed by atoms with van der Waals surface area (Å²) in [6.07, 6.45) is -4.17. The van der Waals surface area contributed by atoms with E-state index in [0.29, 0.717) is 5.75 Å². The Hall–Kier alpha value is -1.23. The minimum Gasteiger partial charge on any atom is -0.494 e. The second-order valence-corrected chi connectivity index (χ2v) is 4.39. The van der Waals surface area contributed by atoms with Gasteiger partial charge in [0.25, 0.3) is 0 Å². The van der Waals surface area contributed by atoms with E-state index >= 15 is 0 Å². The maximum atomic E-state index is 11.9. The molecule has 0 amide bonds. The molecule has 0 spiro atoms. The van der Waals surface area contributed by atoms with Crippen molar-refractivity contribution in [2.24, 2.45) is 5.73 Å². The van der Waals surface area contributed by atoms with Gasteiger partial charge >= 0.3 is 6.18 Å². The van der Waals surface area contributed by atoms with Crippen molar-refractivity contribution in [1.29, 1.82) is 0 Å². The summed E-state index contributed by atoms with van der Waals surface area (Å²) in [4.78, 5) is 0. The summed E-state index contributed by atoms with van der Waals surface area (Å²) in [5.74, 6) is 0.589. The fourth-order valence-corrected chi connectivity index (χ4v) is 1.56. The molecule has 0 fully saturated rings. The maximum Gasteiger partial charge on any atom is 0.389 e. The highest BCUT2D eigenvalue weighted by molar-refractivity contribution is 5.27. The van der Waals surface area contributed by atoms with Crippen LogP contribution in [0.4, 0.5) is 13.2 Å². The number of ether oxygens (including phenoxy) is 1. The number of benzene rings is 1. The first-order chi connectivity index (χ1) is 8.37. The van der Waals surface area contributed by atoms with Crippen molar-refractivity contribution in [1.82, 2.24) is 0 Å². The summed E-state index contributed by atoms with van der Waals surface area (Å²) in [7, 11) is 0. The average molecular weight is 261 g/mol. The van der Waals surface area contributed by atoms with Gasteiger partial charge in [0.15, 0.2) is 0 Å². The Labute approximate surface area is 105 Å². The average Bonchev–Trinajstić information content (AvgIpc) is 2.24. The molecule has 0 aromatic heterocycles. The lowest BCUT2D eigenvalue weighted by molar-refractivity contribution is -0.136. The van der Waals surface area contributed by atoms with E-state index in [-0.39, 0.29) is 19.1 Å². The number of alkyl halides is 3. The van der Waals surface area contributed by atoms with Gasteiger partial charge in [0.05, 0.1) is 6.61 Å². The van der Waals surface area contributed by atoms with E-state index in [9.17, 15) is 13.2 Å². The van der Waals surface area contributed by atoms with E-state index in [0.717, 1.165) is 12.0 Å². The predicted molar refractivity (Wildman–Crippen MR) is 64.6 cm³/mol. The van der Waals surface area contributed by atoms with E-state index in [1.807, 2.05) is 19.1 Å². The fourth-order valence-electron chi connectivity index (χ4n) is 1.56. The first-order valence-electron chi connectivity index (χ1n) is 5.91. The van der Waals surface area contributed by atoms with Crippen LogP contribution < -0.4 is 10.5 Å². The number of hydrogen-bond donors (Lipinski definition) is 1. The highest BCUT2D eigenvalue weighted by Crippen LogP contribution is 2.21. The molecule has 1 atom stereocenters. The van der Waals surface area contributed by atoms with Gasteiger partial charge in [0.2, 0.25) is 0 Å². The number of nitrogens with two attached hydrogens (primary N) is 1. The van der Waals surface area contributed by atoms with Gasteiger partial charge in [-0.15, -0.1) is 0 Å². The van der Waals surface area contributed by atoms with Crippen molar-refractivity contribution >= 4 is 0 Å². The maximum absolute atomic E-state index is 11.9. The third kappa shape index (κ3) is 6.49. The molecule has 0 heterocycles. The molecular weight excluding hydrogens is 243 g/mol. The van der Waals surface area contributed by atoms with Gasteiger partial charge < -0.3 is 10.5 Å². The van der Waals surface area contributed by atoms with Crippen LogP contribution in [0.15, 0.2) is 24.3 Å². The van der Waals surface area contributed by atoms with Crippen LogP contribution in [0.25, 0.3) is 0 Å². The third-order valence-corrected chi connectivity index (χ3v) is 2.35. The second kappa shape index (κ2) is 6.64. The Balaban J connectivity index is 2.31. The molecule has 1 unspecified atom stereocenters. The second-order valence-electron chi connectivity index (χ2n) is 4.39. The Bertz CT molecular complexity index is 346. The van der Waals surface area contributed by atoms with Gasteiger partial charge in [0.1, 0.15) is 5.75 Å². The zero-order valence-corrected chi connectivity index (χ0v) is 10.3. The molecular formula is C13H18F3NO. The molecule has 0 aliphatic rings. The molecule has 0 aliphatic heterocycles. The molecule has 1 rings (SSSR count). The van der Waals surface area contributed by atoms with Crippen LogP contribution in [-0.2, 0) is 6.42 Å². The monoisotopic (exact) mass is 261 g/mol. The first-order valence-corrected chi connectivity index (χ1v) is 5.91. The largest absolute Gasteiger partial charge is 0.494 e. The summed E-state index contributed by atoms with van der Waals surface area (Å²) in [6, 6.07) is 7.35. The molecule has 1 aromatic rings. The van der Waals surface area contributed by atoms with Crippen molar-refractivity contribution in [2.75, 3.05) is 6.61 Å². The van der Waals surface area contributed by atoms with Gasteiger partial charge in [-0.2, -0.15) is 13.2 Å². The molecule has 0 aliphatic carbocycles. The standard InChI is InChI=1S/C13H18F3NO/c1-10(17)9-11-3-5-12(6-4-11)18-8-2-7-13(14,15)16/h3-6,10H,2,7-9,17H2,1H3. The summed E-state index contributed by atoms with van der Waals surface area (Å²) >= 11 is 0. The zero-order chi connectivity index (χ0) is 13.6. The Kier molecular flexibility index (Phi) is 5.47. The lowest BCUT2D eigenvalue weighted by atomic mass is 10.1. The minimum atomic E-state index is -4.11. The van der Waals surface area contributed by atoms with Crippen LogP contribution in [-0.4, -0.2) is 18.8 Å². The first kappa shape index (κ1) is 14.8. The van der Waals surface area contributed by atoms with Crippen LogP contribution >= 0.6 is 0 Å². The van der Waals surface area contributed by atoms with Gasteiger partial charge in [-0.25, -0.2) is 0 Å². The molecule has 102 valence electrons. The fraction of sp³-hybridized carbons (Fsp3) is 0.538. The predicted octanol–water partition coefficient (Wildman–Crippen LogP) is 3.30. The van der Waals surface area contributed by atoms with Crippen LogP contribution in [0.3, 0.4) is 0 Å². The van der Waals surface area contributed by atoms with E-state index in [2.05, 4.69) is 0 Å². The molecule has 5 heteroatoms. The molecule has 18 heavy (non-hydrogen) atoms. The smallest absolute Gasteiger partial charge is 0.389 e. The lowest BCUT2D eigenvalue weighted by Gasteiger charge is -2.09. The van der Waals surface area contributed by atoms with E-state index in [1.165, 1.54) is 0 Å². The van der Waals surface area contributed by atoms with E-state index in [1.54, 1.807) is 12.1 Å². The van der Waals surface area contributed by atoms with E-state index < -0.39 is 12.6 Å². The third-order valence-electron chi connectivity index (χ3n) is 2.35. The Morgan fingerprint density at radius 3 is 2.33 bits per heavy atom. The summed E-state index contributed by atoms with van der Waals surface area (Å²) in [5.41, 5.74) is 6.75. The topological polar surface area (TPSA) is 35.2 Å². The van der Waals surface area contributed by atoms with E-state index in [4.69, 9.17) is 10.5 Å². The number of halogens is 3. The summed E-state index contributed by atoms with van der Waals surface area (Å²) in [5, 5.41) is 0. The normalized spacial score (nSPS) is 13.4. The van der Waals surface area contributed by atoms with Gasteiger partial charge in [-0.3, -0.25) is 0 Å². The molecule has 2 nitrogen and oxygen atoms in total. The number of hydrogen-bond acceptors (Lipinski definition) is 2. The van der Waals surface area contributed by atoms with Crippen LogP contribution in [0.5, 0.6) is 5.75 Å². The van der Waals surface area contributed by atoms with Gasteiger partial charge in [0, 0.05) is 12.5 Å². The van der Waals surface area contributed by atoms with Crippen LogP contribution in [0.2, 0.25) is 0 Å². The van der Waals surface area contributed by atoms with Crippen molar-refractivity contribution in [3.05, 3.63) is 29.8 Å². The Morgan fingerprint density at radius 1 is 1.22 bits per heavy atom. The quantitative estimate of drug-likeness (QED) is 0.797. The summed E-state index contributed by atoms with van der Waals surface area (Å²) in [6.45, 7) is 1.99. The molecule has 2 N–H and O–H groups in total. The van der Waals surface area contributed by atoms with Crippen molar-refractivity contribution in [3.8, 4) is 5.75 Å². The SMILES string of the molecule is CC(N)Cc1ccc(OCCCC(F)(F)F)cc1. The highest BCUT2D eigenvalue weighted by atomic mass is 19.4. The molecule has 1 aromatic carbocycles. The van der Waals surface area contributed by atoms with Crippen molar-refractivity contribution in [3.63, 3.8) is 0 Å². The molecule has 0 saturated heterocycles. The van der Waals surface area contributed by atoms with Crippen molar-refractivity contribution < 1.29 is 17.9 Å². The van der Waals surface area contributed by atoms with Crippen LogP contribution in [0.1, 0.15) is 25.3 Å². The molecule has 0 saturated carbocycles. The Morgan fingerprint density at radius 2 is 1.83 bits per heavy atom. The van der Waals surface area contributed by atoms with Gasteiger partial charge in [-0.1, -0.05) is 12.1 Å². The van der Waals surface area contributed by atoms with Gasteiger partial charge in [-0.05, 0) is 37.5 Å².